The molecule has 2 fully saturated rings. The van der Waals surface area contributed by atoms with Gasteiger partial charge in [0.15, 0.2) is 6.04 Å². The fraction of sp³-hybridized carbons (Fsp3) is 0.500. The molecule has 26 heavy (non-hydrogen) atoms. The number of amides is 1. The van der Waals surface area contributed by atoms with Gasteiger partial charge in [0.25, 0.3) is 5.91 Å². The summed E-state index contributed by atoms with van der Waals surface area (Å²) in [5.74, 6) is -1.62. The van der Waals surface area contributed by atoms with E-state index in [4.69, 9.17) is 9.47 Å². The van der Waals surface area contributed by atoms with E-state index >= 15 is 0 Å². The third-order valence-electron chi connectivity index (χ3n) is 4.27. The molecule has 0 spiro atoms. The number of sulfonamides is 1. The van der Waals surface area contributed by atoms with Crippen LogP contribution >= 0.6 is 0 Å². The van der Waals surface area contributed by atoms with E-state index in [1.165, 1.54) is 30.2 Å². The molecule has 3 rings (SSSR count). The van der Waals surface area contributed by atoms with E-state index in [9.17, 15) is 23.1 Å². The Hall–Kier alpha value is -2.17. The van der Waals surface area contributed by atoms with Crippen LogP contribution in [0.5, 0.6) is 5.75 Å². The molecule has 1 aliphatic heterocycles. The fourth-order valence-electron chi connectivity index (χ4n) is 2.72. The van der Waals surface area contributed by atoms with Gasteiger partial charge in [0, 0.05) is 18.2 Å². The van der Waals surface area contributed by atoms with Crippen LogP contribution in [0, 0.1) is 0 Å². The van der Waals surface area contributed by atoms with Crippen molar-refractivity contribution in [2.75, 3.05) is 26.9 Å². The number of carboxylic acids is 1. The Labute approximate surface area is 150 Å². The van der Waals surface area contributed by atoms with Crippen LogP contribution in [0.2, 0.25) is 0 Å². The van der Waals surface area contributed by atoms with E-state index in [1.807, 2.05) is 0 Å². The normalized spacial score (nSPS) is 20.7. The largest absolute Gasteiger partial charge is 0.495 e. The minimum absolute atomic E-state index is 0.0788. The van der Waals surface area contributed by atoms with Crippen molar-refractivity contribution in [1.82, 2.24) is 9.62 Å². The quantitative estimate of drug-likeness (QED) is 0.711. The number of morpholine rings is 1. The number of ether oxygens (including phenoxy) is 2. The average molecular weight is 384 g/mol. The number of hydrogen-bond acceptors (Lipinski definition) is 6. The Bertz CT molecular complexity index is 820. The second kappa shape index (κ2) is 7.22. The van der Waals surface area contributed by atoms with Gasteiger partial charge in [-0.1, -0.05) is 0 Å². The van der Waals surface area contributed by atoms with E-state index in [2.05, 4.69) is 4.72 Å². The molecule has 1 heterocycles. The topological polar surface area (TPSA) is 122 Å². The summed E-state index contributed by atoms with van der Waals surface area (Å²) in [6.45, 7) is 0.232. The van der Waals surface area contributed by atoms with Gasteiger partial charge in [-0.2, -0.15) is 0 Å². The van der Waals surface area contributed by atoms with Crippen LogP contribution in [0.1, 0.15) is 23.2 Å². The molecule has 0 aromatic heterocycles. The Morgan fingerprint density at radius 2 is 2.08 bits per heavy atom. The van der Waals surface area contributed by atoms with Crippen molar-refractivity contribution in [3.05, 3.63) is 23.8 Å². The highest BCUT2D eigenvalue weighted by Crippen LogP contribution is 2.29. The lowest BCUT2D eigenvalue weighted by molar-refractivity contribution is -0.147. The molecule has 10 heteroatoms. The maximum atomic E-state index is 12.8. The monoisotopic (exact) mass is 384 g/mol. The Balaban J connectivity index is 1.93. The van der Waals surface area contributed by atoms with Gasteiger partial charge in [0.1, 0.15) is 10.6 Å². The molecule has 1 aliphatic carbocycles. The molecule has 142 valence electrons. The molecule has 2 aliphatic rings. The molecule has 9 nitrogen and oxygen atoms in total. The maximum Gasteiger partial charge on any atom is 0.328 e. The highest BCUT2D eigenvalue weighted by atomic mass is 32.2. The lowest BCUT2D eigenvalue weighted by Gasteiger charge is -2.33. The zero-order valence-electron chi connectivity index (χ0n) is 14.2. The summed E-state index contributed by atoms with van der Waals surface area (Å²) < 4.78 is 37.9. The molecular weight excluding hydrogens is 364 g/mol. The molecule has 1 atom stereocenters. The zero-order valence-corrected chi connectivity index (χ0v) is 15.0. The predicted molar refractivity (Wildman–Crippen MR) is 89.6 cm³/mol. The number of methoxy groups -OCH3 is 1. The summed E-state index contributed by atoms with van der Waals surface area (Å²) in [4.78, 5) is 25.2. The van der Waals surface area contributed by atoms with Crippen LogP contribution in [0.4, 0.5) is 0 Å². The van der Waals surface area contributed by atoms with E-state index in [0.29, 0.717) is 0 Å². The van der Waals surface area contributed by atoms with Crippen molar-refractivity contribution in [2.45, 2.75) is 29.8 Å². The number of nitrogens with zero attached hydrogens (tertiary/aromatic N) is 1. The van der Waals surface area contributed by atoms with Crippen LogP contribution in [0.3, 0.4) is 0 Å². The van der Waals surface area contributed by atoms with Gasteiger partial charge in [0.2, 0.25) is 10.0 Å². The second-order valence-electron chi connectivity index (χ2n) is 6.19. The first kappa shape index (κ1) is 18.6. The minimum atomic E-state index is -3.84. The summed E-state index contributed by atoms with van der Waals surface area (Å²) in [6, 6.07) is 2.83. The molecule has 1 aromatic rings. The summed E-state index contributed by atoms with van der Waals surface area (Å²) in [7, 11) is -2.50. The molecule has 2 N–H and O–H groups in total. The van der Waals surface area contributed by atoms with Gasteiger partial charge < -0.3 is 19.5 Å². The van der Waals surface area contributed by atoms with Crippen molar-refractivity contribution < 1.29 is 32.6 Å². The van der Waals surface area contributed by atoms with Crippen molar-refractivity contribution in [1.29, 1.82) is 0 Å². The first-order valence-electron chi connectivity index (χ1n) is 8.15. The number of hydrogen-bond donors (Lipinski definition) is 2. The first-order valence-corrected chi connectivity index (χ1v) is 9.63. The first-order chi connectivity index (χ1) is 12.3. The number of rotatable bonds is 6. The average Bonchev–Trinajstić information content (AvgIpc) is 3.43. The SMILES string of the molecule is COc1ccc(C(=O)N2CCOCC2C(=O)O)cc1S(=O)(=O)NC1CC1. The number of benzene rings is 1. The number of carboxylic acid groups (broad SMARTS) is 1. The maximum absolute atomic E-state index is 12.8. The zero-order chi connectivity index (χ0) is 18.9. The minimum Gasteiger partial charge on any atom is -0.495 e. The van der Waals surface area contributed by atoms with Crippen molar-refractivity contribution >= 4 is 21.9 Å². The van der Waals surface area contributed by atoms with Gasteiger partial charge in [-0.3, -0.25) is 4.79 Å². The predicted octanol–water partition coefficient (Wildman–Crippen LogP) is 0.0615. The molecule has 0 bridgehead atoms. The van der Waals surface area contributed by atoms with Gasteiger partial charge in [-0.15, -0.1) is 0 Å². The molecule has 1 saturated heterocycles. The highest BCUT2D eigenvalue weighted by Gasteiger charge is 2.35. The van der Waals surface area contributed by atoms with Crippen molar-refractivity contribution in [3.63, 3.8) is 0 Å². The van der Waals surface area contributed by atoms with E-state index in [0.717, 1.165) is 12.8 Å². The van der Waals surface area contributed by atoms with Crippen molar-refractivity contribution in [3.8, 4) is 5.75 Å². The number of carbonyl (C=O) groups is 2. The molecule has 1 aromatic carbocycles. The smallest absolute Gasteiger partial charge is 0.328 e. The third kappa shape index (κ3) is 3.81. The van der Waals surface area contributed by atoms with Gasteiger partial charge in [0.05, 0.1) is 20.3 Å². The van der Waals surface area contributed by atoms with Gasteiger partial charge >= 0.3 is 5.97 Å². The lowest BCUT2D eigenvalue weighted by atomic mass is 10.1. The molecule has 1 saturated carbocycles. The lowest BCUT2D eigenvalue weighted by Crippen LogP contribution is -2.52. The van der Waals surface area contributed by atoms with Crippen LogP contribution < -0.4 is 9.46 Å². The number of aliphatic carboxylic acids is 1. The van der Waals surface area contributed by atoms with Gasteiger partial charge in [-0.25, -0.2) is 17.9 Å². The van der Waals surface area contributed by atoms with Crippen molar-refractivity contribution in [2.24, 2.45) is 0 Å². The van der Waals surface area contributed by atoms with Crippen LogP contribution in [0.15, 0.2) is 23.1 Å². The summed E-state index contributed by atoms with van der Waals surface area (Å²) in [5.41, 5.74) is 0.0788. The summed E-state index contributed by atoms with van der Waals surface area (Å²) >= 11 is 0. The summed E-state index contributed by atoms with van der Waals surface area (Å²) in [5, 5.41) is 9.28. The molecule has 1 amide bonds. The fourth-order valence-corrected chi connectivity index (χ4v) is 4.22. The number of carbonyl (C=O) groups excluding carboxylic acids is 1. The van der Waals surface area contributed by atoms with E-state index < -0.39 is 27.9 Å². The Morgan fingerprint density at radius 1 is 1.35 bits per heavy atom. The standard InChI is InChI=1S/C16H20N2O7S/c1-24-13-5-2-10(8-14(13)26(22,23)17-11-3-4-11)15(19)18-6-7-25-9-12(18)16(20)21/h2,5,8,11-12,17H,3-4,6-7,9H2,1H3,(H,20,21). The molecule has 0 radical (unpaired) electrons. The summed E-state index contributed by atoms with van der Waals surface area (Å²) in [6.07, 6.45) is 1.54. The van der Waals surface area contributed by atoms with Gasteiger partial charge in [-0.05, 0) is 31.0 Å². The third-order valence-corrected chi connectivity index (χ3v) is 5.82. The van der Waals surface area contributed by atoms with E-state index in [-0.39, 0.29) is 42.0 Å². The van der Waals surface area contributed by atoms with Crippen LogP contribution in [-0.4, -0.2) is 69.3 Å². The van der Waals surface area contributed by atoms with E-state index in [1.54, 1.807) is 0 Å². The Kier molecular flexibility index (Phi) is 5.17. The highest BCUT2D eigenvalue weighted by molar-refractivity contribution is 7.89. The number of nitrogens with one attached hydrogen (secondary N) is 1. The molecule has 1 unspecified atom stereocenters. The second-order valence-corrected chi connectivity index (χ2v) is 7.87. The Morgan fingerprint density at radius 3 is 2.69 bits per heavy atom. The van der Waals surface area contributed by atoms with Crippen LogP contribution in [-0.2, 0) is 19.6 Å². The van der Waals surface area contributed by atoms with Crippen LogP contribution in [0.25, 0.3) is 0 Å². The molecular formula is C16H20N2O7S.